The molecule has 8 nitrogen and oxygen atoms in total. The quantitative estimate of drug-likeness (QED) is 0.267. The van der Waals surface area contributed by atoms with Crippen molar-refractivity contribution in [1.29, 1.82) is 5.26 Å². The average Bonchev–Trinajstić information content (AvgIpc) is 3.24. The van der Waals surface area contributed by atoms with Crippen LogP contribution in [0.4, 0.5) is 17.6 Å². The van der Waals surface area contributed by atoms with Crippen molar-refractivity contribution in [2.45, 2.75) is 51.4 Å². The zero-order valence-corrected chi connectivity index (χ0v) is 22.3. The molecule has 6 rings (SSSR count). The molecule has 0 radical (unpaired) electrons. The summed E-state index contributed by atoms with van der Waals surface area (Å²) in [6, 6.07) is 10.4. The number of pyridine rings is 2. The molecule has 1 atom stereocenters. The van der Waals surface area contributed by atoms with Crippen LogP contribution in [0.15, 0.2) is 36.4 Å². The van der Waals surface area contributed by atoms with E-state index in [1.807, 2.05) is 21.6 Å². The fourth-order valence-corrected chi connectivity index (χ4v) is 5.16. The van der Waals surface area contributed by atoms with Crippen LogP contribution in [0, 0.1) is 17.1 Å². The number of nitrogens with zero attached hydrogens (tertiary/aromatic N) is 6. The summed E-state index contributed by atoms with van der Waals surface area (Å²) in [5, 5.41) is 9.42. The molecule has 5 heterocycles. The average molecular weight is 587 g/mol. The smallest absolute Gasteiger partial charge is 0.421 e. The first-order valence-electron chi connectivity index (χ1n) is 12.9. The monoisotopic (exact) mass is 586 g/mol. The Bertz CT molecular complexity index is 1660. The van der Waals surface area contributed by atoms with Gasteiger partial charge in [0, 0.05) is 30.3 Å². The Balaban J connectivity index is 1.27. The van der Waals surface area contributed by atoms with E-state index < -0.39 is 30.0 Å². The minimum atomic E-state index is -4.70. The number of imidazole rings is 1. The van der Waals surface area contributed by atoms with Crippen LogP contribution >= 0.6 is 11.6 Å². The Morgan fingerprint density at radius 2 is 1.98 bits per heavy atom. The first kappa shape index (κ1) is 27.4. The number of nitriles is 1. The highest BCUT2D eigenvalue weighted by molar-refractivity contribution is 6.30. The molecule has 0 N–H and O–H groups in total. The van der Waals surface area contributed by atoms with Crippen LogP contribution in [-0.4, -0.2) is 43.7 Å². The highest BCUT2D eigenvalue weighted by Gasteiger charge is 2.37. The minimum Gasteiger partial charge on any atom is -0.472 e. The van der Waals surface area contributed by atoms with Crippen molar-refractivity contribution in [1.82, 2.24) is 24.4 Å². The number of benzene rings is 1. The van der Waals surface area contributed by atoms with Crippen molar-refractivity contribution < 1.29 is 27.0 Å². The van der Waals surface area contributed by atoms with Gasteiger partial charge in [-0.25, -0.2) is 19.3 Å². The van der Waals surface area contributed by atoms with E-state index in [0.717, 1.165) is 24.1 Å². The van der Waals surface area contributed by atoms with Crippen molar-refractivity contribution in [2.24, 2.45) is 0 Å². The lowest BCUT2D eigenvalue weighted by molar-refractivity contribution is -0.139. The summed E-state index contributed by atoms with van der Waals surface area (Å²) in [6.07, 6.45) is -3.37. The summed E-state index contributed by atoms with van der Waals surface area (Å²) in [6.45, 7) is 1.98. The molecule has 2 aliphatic rings. The Kier molecular flexibility index (Phi) is 7.27. The lowest BCUT2D eigenvalue weighted by Gasteiger charge is -2.30. The third kappa shape index (κ3) is 5.70. The van der Waals surface area contributed by atoms with E-state index in [2.05, 4.69) is 15.0 Å². The molecule has 0 amide bonds. The van der Waals surface area contributed by atoms with Gasteiger partial charge in [0.25, 0.3) is 0 Å². The van der Waals surface area contributed by atoms with Crippen molar-refractivity contribution in [3.63, 3.8) is 0 Å². The van der Waals surface area contributed by atoms with Crippen LogP contribution in [0.3, 0.4) is 0 Å². The van der Waals surface area contributed by atoms with Gasteiger partial charge >= 0.3 is 6.18 Å². The van der Waals surface area contributed by atoms with Crippen LogP contribution in [0.25, 0.3) is 11.2 Å². The van der Waals surface area contributed by atoms with Crippen molar-refractivity contribution in [3.8, 4) is 11.9 Å². The number of fused-ring (bicyclic) bond motifs is 2. The topological polar surface area (TPSA) is 89.1 Å². The predicted octanol–water partition coefficient (Wildman–Crippen LogP) is 5.44. The maximum Gasteiger partial charge on any atom is 0.421 e. The SMILES string of the molecule is N#Cc1ccc2c(n1)nc(CN1CCc3cc(C(F)(F)F)c(OCc4ccc(Cl)cc4F)nc3C1)n2C[C@@H]1CCO1. The normalized spacial score (nSPS) is 17.2. The molecular weight excluding hydrogens is 564 g/mol. The summed E-state index contributed by atoms with van der Waals surface area (Å²) >= 11 is 5.78. The third-order valence-corrected chi connectivity index (χ3v) is 7.50. The molecule has 13 heteroatoms. The van der Waals surface area contributed by atoms with E-state index in [1.54, 1.807) is 6.07 Å². The molecule has 0 spiro atoms. The largest absolute Gasteiger partial charge is 0.472 e. The van der Waals surface area contributed by atoms with Gasteiger partial charge in [-0.15, -0.1) is 0 Å². The van der Waals surface area contributed by atoms with Gasteiger partial charge in [0.2, 0.25) is 5.88 Å². The number of hydrogen-bond acceptors (Lipinski definition) is 7. The second-order valence-corrected chi connectivity index (χ2v) is 10.4. The summed E-state index contributed by atoms with van der Waals surface area (Å²) in [7, 11) is 0. The first-order chi connectivity index (χ1) is 19.7. The zero-order chi connectivity index (χ0) is 28.7. The summed E-state index contributed by atoms with van der Waals surface area (Å²) in [5.41, 5.74) is 1.49. The summed E-state index contributed by atoms with van der Waals surface area (Å²) in [5.74, 6) is -0.569. The van der Waals surface area contributed by atoms with Crippen molar-refractivity contribution >= 4 is 22.8 Å². The van der Waals surface area contributed by atoms with Gasteiger partial charge in [0.05, 0.1) is 30.4 Å². The summed E-state index contributed by atoms with van der Waals surface area (Å²) < 4.78 is 69.0. The number of ether oxygens (including phenoxy) is 2. The molecule has 1 fully saturated rings. The van der Waals surface area contributed by atoms with Crippen LogP contribution in [0.2, 0.25) is 5.02 Å². The molecule has 0 aliphatic carbocycles. The standard InChI is InChI=1S/C28H23ClF4N6O2/c29-18-2-1-17(22(30)10-18)15-41-27-21(28(31,32)33)9-16-5-7-38(13-23(16)36-27)14-25-37-26-24(4-3-19(11-34)35-26)39(25)12-20-6-8-40-20/h1-4,9-10,20H,5-8,12-15H2/t20-/m0/s1. The molecule has 212 valence electrons. The Morgan fingerprint density at radius 1 is 1.15 bits per heavy atom. The second kappa shape index (κ2) is 10.9. The van der Waals surface area contributed by atoms with Crippen molar-refractivity contribution in [3.05, 3.63) is 81.1 Å². The maximum atomic E-state index is 14.2. The number of halogens is 5. The van der Waals surface area contributed by atoms with Gasteiger partial charge in [-0.3, -0.25) is 4.90 Å². The molecule has 4 aromatic rings. The highest BCUT2D eigenvalue weighted by Crippen LogP contribution is 2.38. The second-order valence-electron chi connectivity index (χ2n) is 10.0. The number of rotatable bonds is 7. The molecular formula is C28H23ClF4N6O2. The van der Waals surface area contributed by atoms with Crippen LogP contribution < -0.4 is 4.74 Å². The fraction of sp³-hybridized carbons (Fsp3) is 0.357. The molecule has 1 aromatic carbocycles. The van der Waals surface area contributed by atoms with Gasteiger partial charge in [-0.2, -0.15) is 18.4 Å². The molecule has 3 aromatic heterocycles. The van der Waals surface area contributed by atoms with E-state index in [1.165, 1.54) is 12.1 Å². The van der Waals surface area contributed by atoms with E-state index in [-0.39, 0.29) is 28.9 Å². The molecule has 41 heavy (non-hydrogen) atoms. The predicted molar refractivity (Wildman–Crippen MR) is 139 cm³/mol. The van der Waals surface area contributed by atoms with Crippen LogP contribution in [-0.2, 0) is 43.6 Å². The van der Waals surface area contributed by atoms with Crippen LogP contribution in [0.5, 0.6) is 5.88 Å². The lowest BCUT2D eigenvalue weighted by Crippen LogP contribution is -2.34. The van der Waals surface area contributed by atoms with Crippen LogP contribution in [0.1, 0.15) is 40.3 Å². The third-order valence-electron chi connectivity index (χ3n) is 7.26. The van der Waals surface area contributed by atoms with E-state index in [0.29, 0.717) is 55.4 Å². The van der Waals surface area contributed by atoms with Gasteiger partial charge in [0.1, 0.15) is 35.6 Å². The van der Waals surface area contributed by atoms with Gasteiger partial charge in [-0.1, -0.05) is 17.7 Å². The minimum absolute atomic E-state index is 0.0523. The Hall–Kier alpha value is -3.79. The molecule has 1 saturated heterocycles. The first-order valence-corrected chi connectivity index (χ1v) is 13.3. The Morgan fingerprint density at radius 3 is 2.68 bits per heavy atom. The number of hydrogen-bond donors (Lipinski definition) is 0. The Labute approximate surface area is 237 Å². The van der Waals surface area contributed by atoms with Gasteiger partial charge in [-0.05, 0) is 48.7 Å². The number of alkyl halides is 3. The molecule has 0 unspecified atom stereocenters. The maximum absolute atomic E-state index is 14.2. The molecule has 0 saturated carbocycles. The summed E-state index contributed by atoms with van der Waals surface area (Å²) in [4.78, 5) is 15.3. The van der Waals surface area contributed by atoms with E-state index in [9.17, 15) is 22.8 Å². The zero-order valence-electron chi connectivity index (χ0n) is 21.6. The van der Waals surface area contributed by atoms with E-state index in [4.69, 9.17) is 21.1 Å². The molecule has 2 aliphatic heterocycles. The van der Waals surface area contributed by atoms with Gasteiger partial charge < -0.3 is 14.0 Å². The lowest BCUT2D eigenvalue weighted by atomic mass is 10.0. The molecule has 0 bridgehead atoms. The van der Waals surface area contributed by atoms with E-state index >= 15 is 0 Å². The van der Waals surface area contributed by atoms with Crippen molar-refractivity contribution in [2.75, 3.05) is 13.2 Å². The fourth-order valence-electron chi connectivity index (χ4n) is 5.00. The highest BCUT2D eigenvalue weighted by atomic mass is 35.5. The number of aromatic nitrogens is 4. The van der Waals surface area contributed by atoms with Gasteiger partial charge in [0.15, 0.2) is 5.65 Å².